The van der Waals surface area contributed by atoms with Crippen LogP contribution in [0.2, 0.25) is 5.02 Å². The second-order valence-electron chi connectivity index (χ2n) is 6.75. The van der Waals surface area contributed by atoms with E-state index in [4.69, 9.17) is 17.3 Å². The number of carbonyl (C=O) groups excluding carboxylic acids is 2. The number of rotatable bonds is 2. The summed E-state index contributed by atoms with van der Waals surface area (Å²) in [7, 11) is 0. The summed E-state index contributed by atoms with van der Waals surface area (Å²) >= 11 is 5.96. The molecule has 1 heterocycles. The summed E-state index contributed by atoms with van der Waals surface area (Å²) in [6, 6.07) is 7.14. The number of hydrogen-bond acceptors (Lipinski definition) is 3. The molecule has 1 aromatic rings. The molecule has 5 nitrogen and oxygen atoms in total. The van der Waals surface area contributed by atoms with Crippen LogP contribution in [0.25, 0.3) is 0 Å². The molecule has 0 spiro atoms. The van der Waals surface area contributed by atoms with Crippen molar-refractivity contribution in [2.75, 3.05) is 26.2 Å². The fourth-order valence-corrected chi connectivity index (χ4v) is 3.83. The first-order valence-electron chi connectivity index (χ1n) is 8.64. The number of piperazine rings is 1. The fourth-order valence-electron chi connectivity index (χ4n) is 3.64. The van der Waals surface area contributed by atoms with Crippen LogP contribution in [-0.4, -0.2) is 53.8 Å². The first-order chi connectivity index (χ1) is 11.5. The normalized spacial score (nSPS) is 23.8. The molecule has 2 amide bonds. The van der Waals surface area contributed by atoms with Crippen molar-refractivity contribution in [3.8, 4) is 0 Å². The van der Waals surface area contributed by atoms with Gasteiger partial charge in [-0.05, 0) is 37.5 Å². The lowest BCUT2D eigenvalue weighted by Gasteiger charge is -2.37. The molecule has 0 bridgehead atoms. The molecule has 1 aliphatic heterocycles. The minimum atomic E-state index is -0.0238. The summed E-state index contributed by atoms with van der Waals surface area (Å²) in [6.45, 7) is 2.32. The fraction of sp³-hybridized carbons (Fsp3) is 0.556. The Morgan fingerprint density at radius 1 is 1.08 bits per heavy atom. The van der Waals surface area contributed by atoms with E-state index in [1.54, 1.807) is 29.2 Å². The highest BCUT2D eigenvalue weighted by Crippen LogP contribution is 2.25. The van der Waals surface area contributed by atoms with Crippen LogP contribution in [0.5, 0.6) is 0 Å². The molecule has 7 heteroatoms. The highest BCUT2D eigenvalue weighted by molar-refractivity contribution is 6.30. The molecule has 1 saturated heterocycles. The lowest BCUT2D eigenvalue weighted by atomic mass is 9.85. The molecule has 1 aromatic carbocycles. The first-order valence-corrected chi connectivity index (χ1v) is 9.01. The van der Waals surface area contributed by atoms with Gasteiger partial charge in [0, 0.05) is 48.7 Å². The largest absolute Gasteiger partial charge is 0.339 e. The van der Waals surface area contributed by atoms with Crippen molar-refractivity contribution in [2.24, 2.45) is 11.7 Å². The number of benzene rings is 1. The van der Waals surface area contributed by atoms with Gasteiger partial charge in [0.2, 0.25) is 5.91 Å². The van der Waals surface area contributed by atoms with Crippen LogP contribution in [0.4, 0.5) is 0 Å². The van der Waals surface area contributed by atoms with Gasteiger partial charge in [-0.2, -0.15) is 0 Å². The van der Waals surface area contributed by atoms with Crippen LogP contribution < -0.4 is 5.73 Å². The summed E-state index contributed by atoms with van der Waals surface area (Å²) < 4.78 is 0. The van der Waals surface area contributed by atoms with Crippen LogP contribution in [0.3, 0.4) is 0 Å². The molecule has 2 unspecified atom stereocenters. The van der Waals surface area contributed by atoms with Gasteiger partial charge < -0.3 is 15.5 Å². The summed E-state index contributed by atoms with van der Waals surface area (Å²) in [5.41, 5.74) is 6.59. The topological polar surface area (TPSA) is 66.6 Å². The van der Waals surface area contributed by atoms with E-state index in [9.17, 15) is 9.59 Å². The number of amides is 2. The number of nitrogens with zero attached hydrogens (tertiary/aromatic N) is 2. The Hall–Kier alpha value is -1.30. The minimum absolute atomic E-state index is 0. The van der Waals surface area contributed by atoms with Gasteiger partial charge in [0.25, 0.3) is 5.91 Å². The zero-order chi connectivity index (χ0) is 17.1. The van der Waals surface area contributed by atoms with E-state index in [2.05, 4.69) is 0 Å². The van der Waals surface area contributed by atoms with Crippen LogP contribution in [0.1, 0.15) is 36.0 Å². The average molecular weight is 386 g/mol. The molecule has 2 atom stereocenters. The molecule has 2 aliphatic rings. The van der Waals surface area contributed by atoms with Gasteiger partial charge in [-0.1, -0.05) is 24.1 Å². The van der Waals surface area contributed by atoms with Crippen LogP contribution in [-0.2, 0) is 4.79 Å². The maximum atomic E-state index is 12.6. The van der Waals surface area contributed by atoms with Gasteiger partial charge in [-0.15, -0.1) is 12.4 Å². The lowest BCUT2D eigenvalue weighted by molar-refractivity contribution is -0.138. The summed E-state index contributed by atoms with van der Waals surface area (Å²) in [5.74, 6) is 0.244. The molecular weight excluding hydrogens is 361 g/mol. The Bertz CT molecular complexity index is 618. The Kier molecular flexibility index (Phi) is 7.11. The molecule has 25 heavy (non-hydrogen) atoms. The van der Waals surface area contributed by atoms with Crippen molar-refractivity contribution < 1.29 is 9.59 Å². The van der Waals surface area contributed by atoms with Crippen LogP contribution >= 0.6 is 24.0 Å². The highest BCUT2D eigenvalue weighted by atomic mass is 35.5. The van der Waals surface area contributed by atoms with E-state index in [0.717, 1.165) is 25.7 Å². The van der Waals surface area contributed by atoms with E-state index in [1.807, 2.05) is 4.90 Å². The van der Waals surface area contributed by atoms with Crippen molar-refractivity contribution >= 4 is 35.8 Å². The standard InChI is InChI=1S/C18H24ClN3O2.ClH/c19-15-5-1-3-13(11-15)17(23)21-7-9-22(10-8-21)18(24)14-4-2-6-16(20)12-14;/h1,3,5,11,14,16H,2,4,6-10,12,20H2;1H. The quantitative estimate of drug-likeness (QED) is 0.850. The zero-order valence-electron chi connectivity index (χ0n) is 14.2. The molecule has 3 rings (SSSR count). The van der Waals surface area contributed by atoms with Gasteiger partial charge >= 0.3 is 0 Å². The molecule has 0 aromatic heterocycles. The molecular formula is C18H25Cl2N3O2. The number of carbonyl (C=O) groups is 2. The van der Waals surface area contributed by atoms with Gasteiger partial charge in [0.1, 0.15) is 0 Å². The monoisotopic (exact) mass is 385 g/mol. The maximum absolute atomic E-state index is 12.6. The summed E-state index contributed by atoms with van der Waals surface area (Å²) in [5, 5.41) is 0.559. The SMILES string of the molecule is Cl.NC1CCCC(C(=O)N2CCN(C(=O)c3cccc(Cl)c3)CC2)C1. The molecule has 1 saturated carbocycles. The van der Waals surface area contributed by atoms with E-state index in [1.165, 1.54) is 0 Å². The second-order valence-corrected chi connectivity index (χ2v) is 7.19. The molecule has 2 fully saturated rings. The predicted octanol–water partition coefficient (Wildman–Crippen LogP) is 2.56. The molecule has 0 radical (unpaired) electrons. The van der Waals surface area contributed by atoms with Crippen molar-refractivity contribution in [1.29, 1.82) is 0 Å². The van der Waals surface area contributed by atoms with Gasteiger partial charge in [-0.3, -0.25) is 9.59 Å². The summed E-state index contributed by atoms with van der Waals surface area (Å²) in [4.78, 5) is 28.8. The molecule has 2 N–H and O–H groups in total. The van der Waals surface area contributed by atoms with E-state index in [0.29, 0.717) is 36.8 Å². The zero-order valence-corrected chi connectivity index (χ0v) is 15.8. The number of hydrogen-bond donors (Lipinski definition) is 1. The Balaban J connectivity index is 0.00000225. The predicted molar refractivity (Wildman–Crippen MR) is 101 cm³/mol. The second kappa shape index (κ2) is 8.88. The van der Waals surface area contributed by atoms with Gasteiger partial charge in [0.15, 0.2) is 0 Å². The van der Waals surface area contributed by atoms with Crippen molar-refractivity contribution in [3.05, 3.63) is 34.9 Å². The average Bonchev–Trinajstić information content (AvgIpc) is 2.60. The van der Waals surface area contributed by atoms with Crippen molar-refractivity contribution in [1.82, 2.24) is 9.80 Å². The smallest absolute Gasteiger partial charge is 0.254 e. The Morgan fingerprint density at radius 2 is 1.76 bits per heavy atom. The molecule has 138 valence electrons. The van der Waals surface area contributed by atoms with E-state index in [-0.39, 0.29) is 36.2 Å². The minimum Gasteiger partial charge on any atom is -0.339 e. The van der Waals surface area contributed by atoms with E-state index >= 15 is 0 Å². The number of nitrogens with two attached hydrogens (primary N) is 1. The maximum Gasteiger partial charge on any atom is 0.254 e. The van der Waals surface area contributed by atoms with Gasteiger partial charge in [0.05, 0.1) is 0 Å². The van der Waals surface area contributed by atoms with E-state index < -0.39 is 0 Å². The first kappa shape index (κ1) is 20.0. The van der Waals surface area contributed by atoms with Crippen LogP contribution in [0.15, 0.2) is 24.3 Å². The summed E-state index contributed by atoms with van der Waals surface area (Å²) in [6.07, 6.45) is 3.78. The Labute approximate surface area is 159 Å². The van der Waals surface area contributed by atoms with Crippen molar-refractivity contribution in [2.45, 2.75) is 31.7 Å². The third-order valence-electron chi connectivity index (χ3n) is 5.01. The van der Waals surface area contributed by atoms with Crippen LogP contribution in [0, 0.1) is 5.92 Å². The number of halogens is 2. The van der Waals surface area contributed by atoms with Gasteiger partial charge in [-0.25, -0.2) is 0 Å². The van der Waals surface area contributed by atoms with Crippen molar-refractivity contribution in [3.63, 3.8) is 0 Å². The highest BCUT2D eigenvalue weighted by Gasteiger charge is 2.31. The third-order valence-corrected chi connectivity index (χ3v) is 5.25. The lowest BCUT2D eigenvalue weighted by Crippen LogP contribution is -2.52. The third kappa shape index (κ3) is 4.87. The molecule has 1 aliphatic carbocycles. The Morgan fingerprint density at radius 3 is 2.40 bits per heavy atom.